The largest absolute Gasteiger partial charge is 0.494 e. The van der Waals surface area contributed by atoms with E-state index in [1.54, 1.807) is 6.92 Å². The number of allylic oxidation sites excluding steroid dienone is 1. The van der Waals surface area contributed by atoms with Crippen LogP contribution in [0.2, 0.25) is 0 Å². The highest BCUT2D eigenvalue weighted by Crippen LogP contribution is 2.10. The van der Waals surface area contributed by atoms with Crippen LogP contribution < -0.4 is 10.6 Å². The van der Waals surface area contributed by atoms with E-state index in [1.807, 2.05) is 31.2 Å². The number of benzene rings is 1. The Labute approximate surface area is 128 Å². The van der Waals surface area contributed by atoms with Crippen molar-refractivity contribution in [3.63, 3.8) is 0 Å². The summed E-state index contributed by atoms with van der Waals surface area (Å²) >= 11 is 0. The van der Waals surface area contributed by atoms with Crippen LogP contribution in [0, 0.1) is 12.3 Å². The minimum absolute atomic E-state index is 0.0617. The maximum atomic E-state index is 12.2. The fraction of sp³-hybridized carbons (Fsp3) is 0.188. The van der Waals surface area contributed by atoms with Gasteiger partial charge < -0.3 is 21.1 Å². The molecule has 0 aliphatic carbocycles. The van der Waals surface area contributed by atoms with Crippen LogP contribution in [-0.4, -0.2) is 22.9 Å². The zero-order chi connectivity index (χ0) is 16.1. The Morgan fingerprint density at radius 1 is 1.45 bits per heavy atom. The molecular formula is C16H18N4O2. The number of nitrogens with zero attached hydrogens (tertiary/aromatic N) is 1. The average Bonchev–Trinajstić information content (AvgIpc) is 2.45. The van der Waals surface area contributed by atoms with Crippen LogP contribution in [0.25, 0.3) is 0 Å². The first-order valence-electron chi connectivity index (χ1n) is 6.81. The molecule has 0 fully saturated rings. The van der Waals surface area contributed by atoms with Crippen molar-refractivity contribution in [2.75, 3.05) is 0 Å². The molecule has 1 aliphatic rings. The molecule has 0 atom stereocenters. The molecule has 6 nitrogen and oxygen atoms in total. The van der Waals surface area contributed by atoms with E-state index < -0.39 is 5.91 Å². The van der Waals surface area contributed by atoms with E-state index in [-0.39, 0.29) is 17.3 Å². The highest BCUT2D eigenvalue weighted by Gasteiger charge is 2.16. The van der Waals surface area contributed by atoms with Crippen LogP contribution in [0.15, 0.2) is 52.6 Å². The molecule has 0 bridgehead atoms. The van der Waals surface area contributed by atoms with Gasteiger partial charge in [-0.2, -0.15) is 0 Å². The first-order chi connectivity index (χ1) is 10.5. The first kappa shape index (κ1) is 15.5. The van der Waals surface area contributed by atoms with Crippen molar-refractivity contribution in [1.29, 1.82) is 5.41 Å². The van der Waals surface area contributed by atoms with E-state index in [4.69, 9.17) is 5.41 Å². The van der Waals surface area contributed by atoms with Gasteiger partial charge in [0.15, 0.2) is 5.88 Å². The highest BCUT2D eigenvalue weighted by atomic mass is 16.3. The van der Waals surface area contributed by atoms with E-state index in [1.165, 1.54) is 6.08 Å². The van der Waals surface area contributed by atoms with Crippen molar-refractivity contribution in [3.05, 3.63) is 58.7 Å². The monoisotopic (exact) mass is 298 g/mol. The summed E-state index contributed by atoms with van der Waals surface area (Å²) in [7, 11) is 0. The molecule has 1 aromatic carbocycles. The van der Waals surface area contributed by atoms with E-state index in [0.29, 0.717) is 12.3 Å². The van der Waals surface area contributed by atoms with Gasteiger partial charge in [-0.15, -0.1) is 0 Å². The lowest BCUT2D eigenvalue weighted by molar-refractivity contribution is -0.117. The fourth-order valence-electron chi connectivity index (χ4n) is 2.06. The topological polar surface area (TPSA) is 97.6 Å². The molecule has 4 N–H and O–H groups in total. The van der Waals surface area contributed by atoms with Crippen LogP contribution in [0.5, 0.6) is 0 Å². The lowest BCUT2D eigenvalue weighted by atomic mass is 10.1. The minimum atomic E-state index is -0.426. The lowest BCUT2D eigenvalue weighted by Gasteiger charge is -2.14. The van der Waals surface area contributed by atoms with Crippen molar-refractivity contribution in [2.45, 2.75) is 20.4 Å². The summed E-state index contributed by atoms with van der Waals surface area (Å²) in [5, 5.41) is 22.3. The number of aryl methyl sites for hydroxylation is 1. The number of carbonyl (C=O) groups is 1. The molecule has 0 radical (unpaired) electrons. The number of carbonyl (C=O) groups excluding carboxylic acids is 1. The third-order valence-electron chi connectivity index (χ3n) is 3.06. The average molecular weight is 298 g/mol. The number of hydrogen-bond acceptors (Lipinski definition) is 5. The van der Waals surface area contributed by atoms with E-state index in [0.717, 1.165) is 17.3 Å². The van der Waals surface area contributed by atoms with Crippen molar-refractivity contribution in [1.82, 2.24) is 10.6 Å². The second-order valence-electron chi connectivity index (χ2n) is 4.99. The van der Waals surface area contributed by atoms with Gasteiger partial charge in [0.2, 0.25) is 0 Å². The standard InChI is InChI=1S/C16H18N4O2/c1-10-4-3-5-12(6-10)9-18-16(22)13(8-17)15-19-11(2)7-14(21)20-15/h3-8,17,20-21H,9H2,1-2H3,(H,18,22)/b15-13+,17-8?. The van der Waals surface area contributed by atoms with Crippen molar-refractivity contribution in [2.24, 2.45) is 4.99 Å². The molecule has 0 unspecified atom stereocenters. The molecule has 1 heterocycles. The normalized spacial score (nSPS) is 16.1. The maximum Gasteiger partial charge on any atom is 0.256 e. The molecule has 0 spiro atoms. The predicted octanol–water partition coefficient (Wildman–Crippen LogP) is 1.94. The summed E-state index contributed by atoms with van der Waals surface area (Å²) in [5.74, 6) is -0.368. The quantitative estimate of drug-likeness (QED) is 0.505. The second-order valence-corrected chi connectivity index (χ2v) is 4.99. The van der Waals surface area contributed by atoms with Crippen LogP contribution >= 0.6 is 0 Å². The van der Waals surface area contributed by atoms with Gasteiger partial charge in [0, 0.05) is 24.5 Å². The van der Waals surface area contributed by atoms with E-state index >= 15 is 0 Å². The van der Waals surface area contributed by atoms with Gasteiger partial charge in [-0.05, 0) is 19.4 Å². The van der Waals surface area contributed by atoms with Gasteiger partial charge in [0.05, 0.1) is 5.57 Å². The smallest absolute Gasteiger partial charge is 0.256 e. The van der Waals surface area contributed by atoms with Crippen LogP contribution in [0.4, 0.5) is 0 Å². The summed E-state index contributed by atoms with van der Waals surface area (Å²) in [6.45, 7) is 4.04. The Balaban J connectivity index is 2.13. The number of hydrogen-bond donors (Lipinski definition) is 4. The van der Waals surface area contributed by atoms with Gasteiger partial charge >= 0.3 is 0 Å². The Bertz CT molecular complexity index is 702. The molecule has 22 heavy (non-hydrogen) atoms. The number of amides is 1. The Hall–Kier alpha value is -2.89. The van der Waals surface area contributed by atoms with Gasteiger partial charge in [0.1, 0.15) is 5.82 Å². The van der Waals surface area contributed by atoms with Crippen molar-refractivity contribution in [3.8, 4) is 0 Å². The van der Waals surface area contributed by atoms with Crippen molar-refractivity contribution >= 4 is 17.8 Å². The Morgan fingerprint density at radius 3 is 2.86 bits per heavy atom. The summed E-state index contributed by atoms with van der Waals surface area (Å²) < 4.78 is 0. The van der Waals surface area contributed by atoms with Crippen LogP contribution in [0.3, 0.4) is 0 Å². The minimum Gasteiger partial charge on any atom is -0.494 e. The molecular weight excluding hydrogens is 280 g/mol. The molecule has 0 saturated carbocycles. The number of aliphatic hydroxyl groups is 1. The molecule has 2 rings (SSSR count). The third-order valence-corrected chi connectivity index (χ3v) is 3.06. The number of rotatable bonds is 4. The highest BCUT2D eigenvalue weighted by molar-refractivity contribution is 6.12. The third kappa shape index (κ3) is 3.82. The molecule has 0 saturated heterocycles. The summed E-state index contributed by atoms with van der Waals surface area (Å²) in [6, 6.07) is 7.80. The molecule has 1 amide bonds. The van der Waals surface area contributed by atoms with Gasteiger partial charge in [-0.25, -0.2) is 4.99 Å². The number of nitrogens with one attached hydrogen (secondary N) is 3. The van der Waals surface area contributed by atoms with Crippen molar-refractivity contribution < 1.29 is 9.90 Å². The summed E-state index contributed by atoms with van der Waals surface area (Å²) in [5.41, 5.74) is 2.70. The number of aliphatic hydroxyl groups excluding tert-OH is 1. The van der Waals surface area contributed by atoms with E-state index in [2.05, 4.69) is 15.6 Å². The Kier molecular flexibility index (Phi) is 4.73. The molecule has 114 valence electrons. The van der Waals surface area contributed by atoms with Crippen LogP contribution in [-0.2, 0) is 11.3 Å². The first-order valence-corrected chi connectivity index (χ1v) is 6.81. The molecule has 1 aliphatic heterocycles. The molecule has 1 aromatic rings. The van der Waals surface area contributed by atoms with Gasteiger partial charge in [0.25, 0.3) is 5.91 Å². The summed E-state index contributed by atoms with van der Waals surface area (Å²) in [4.78, 5) is 16.3. The maximum absolute atomic E-state index is 12.2. The predicted molar refractivity (Wildman–Crippen MR) is 85.8 cm³/mol. The van der Waals surface area contributed by atoms with E-state index in [9.17, 15) is 9.90 Å². The van der Waals surface area contributed by atoms with Crippen LogP contribution in [0.1, 0.15) is 18.1 Å². The van der Waals surface area contributed by atoms with Gasteiger partial charge in [-0.1, -0.05) is 29.8 Å². The number of aliphatic imine (C=N–C) groups is 1. The molecule has 0 aromatic heterocycles. The zero-order valence-corrected chi connectivity index (χ0v) is 12.5. The van der Waals surface area contributed by atoms with Gasteiger partial charge in [-0.3, -0.25) is 4.79 Å². The lowest BCUT2D eigenvalue weighted by Crippen LogP contribution is -2.29. The zero-order valence-electron chi connectivity index (χ0n) is 12.5. The second kappa shape index (κ2) is 6.71. The summed E-state index contributed by atoms with van der Waals surface area (Å²) in [6.07, 6.45) is 2.36. The molecule has 6 heteroatoms. The SMILES string of the molecule is CC1=N/C(=C(/C=N)C(=O)NCc2cccc(C)c2)NC(O)=C1. The fourth-order valence-corrected chi connectivity index (χ4v) is 2.06. The Morgan fingerprint density at radius 2 is 2.23 bits per heavy atom.